The fraction of sp³-hybridized carbons (Fsp3) is 0.0217. The molecule has 0 aromatic heterocycles. The quantitative estimate of drug-likeness (QED) is 0.0724. The van der Waals surface area contributed by atoms with Crippen LogP contribution in [-0.2, 0) is 4.65 Å². The van der Waals surface area contributed by atoms with Crippen LogP contribution in [0.25, 0.3) is 5.76 Å². The first kappa shape index (κ1) is 34.7. The van der Waals surface area contributed by atoms with Crippen LogP contribution in [0.1, 0.15) is 16.7 Å². The van der Waals surface area contributed by atoms with Crippen molar-refractivity contribution in [2.24, 2.45) is 4.99 Å². The van der Waals surface area contributed by atoms with Crippen molar-refractivity contribution in [3.05, 3.63) is 217 Å². The minimum absolute atomic E-state index is 0.00246. The van der Waals surface area contributed by atoms with Crippen molar-refractivity contribution in [1.29, 1.82) is 0 Å². The monoisotopic (exact) mass is 695 g/mol. The van der Waals surface area contributed by atoms with E-state index in [1.807, 2.05) is 165 Å². The molecule has 0 amide bonds. The first-order chi connectivity index (χ1) is 26.0. The molecule has 0 bridgehead atoms. The molecule has 0 saturated carbocycles. The second-order valence-corrected chi connectivity index (χ2v) is 12.3. The van der Waals surface area contributed by atoms with Crippen LogP contribution < -0.4 is 9.80 Å². The van der Waals surface area contributed by atoms with Crippen LogP contribution in [0.3, 0.4) is 0 Å². The number of nitrogens with zero attached hydrogens (tertiary/aromatic N) is 3. The Morgan fingerprint density at radius 1 is 0.472 bits per heavy atom. The summed E-state index contributed by atoms with van der Waals surface area (Å²) in [4.78, 5) is 9.23. The molecular formula is C46H36BF2N3O. The highest BCUT2D eigenvalue weighted by molar-refractivity contribution is 6.36. The summed E-state index contributed by atoms with van der Waals surface area (Å²) in [5, 5.41) is 0. The van der Waals surface area contributed by atoms with Crippen LogP contribution in [0.4, 0.5) is 48.4 Å². The summed E-state index contributed by atoms with van der Waals surface area (Å²) in [7, 11) is -3.04. The largest absolute Gasteiger partial charge is 0.796 e. The van der Waals surface area contributed by atoms with Gasteiger partial charge in [0.15, 0.2) is 0 Å². The Hall–Kier alpha value is -6.73. The molecule has 0 saturated heterocycles. The summed E-state index contributed by atoms with van der Waals surface area (Å²) in [6.07, 6.45) is 1.59. The average Bonchev–Trinajstić information content (AvgIpc) is 3.20. The maximum atomic E-state index is 14.1. The number of para-hydroxylation sites is 4. The van der Waals surface area contributed by atoms with Crippen LogP contribution in [-0.4, -0.2) is 13.2 Å². The van der Waals surface area contributed by atoms with Crippen LogP contribution in [0.5, 0.6) is 0 Å². The lowest BCUT2D eigenvalue weighted by molar-refractivity contribution is 0.397. The lowest BCUT2D eigenvalue weighted by Gasteiger charge is -2.25. The highest BCUT2D eigenvalue weighted by atomic mass is 19.2. The molecule has 7 aromatic rings. The third-order valence-corrected chi connectivity index (χ3v) is 8.66. The summed E-state index contributed by atoms with van der Waals surface area (Å²) >= 11 is 0. The van der Waals surface area contributed by atoms with E-state index in [4.69, 9.17) is 9.65 Å². The highest BCUT2D eigenvalue weighted by Gasteiger charge is 2.22. The molecule has 0 heterocycles. The Balaban J connectivity index is 1.29. The maximum Gasteiger partial charge on any atom is 0.796 e. The molecular weight excluding hydrogens is 659 g/mol. The number of halogens is 2. The molecule has 0 fully saturated rings. The zero-order valence-corrected chi connectivity index (χ0v) is 29.1. The molecule has 0 unspecified atom stereocenters. The van der Waals surface area contributed by atoms with Crippen molar-refractivity contribution in [1.82, 2.24) is 0 Å². The molecule has 7 aromatic carbocycles. The molecule has 0 aliphatic carbocycles. The molecule has 7 heteroatoms. The number of aliphatic imine (C=N–C) groups is 1. The number of anilines is 6. The number of aryl methyl sites for hydroxylation is 1. The zero-order chi connectivity index (χ0) is 36.4. The average molecular weight is 696 g/mol. The van der Waals surface area contributed by atoms with Crippen LogP contribution >= 0.6 is 0 Å². The van der Waals surface area contributed by atoms with Crippen molar-refractivity contribution in [3.8, 4) is 0 Å². The van der Waals surface area contributed by atoms with Gasteiger partial charge in [0, 0.05) is 51.3 Å². The summed E-state index contributed by atoms with van der Waals surface area (Å²) in [5.74, 6) is 0.00246. The molecule has 0 aliphatic heterocycles. The summed E-state index contributed by atoms with van der Waals surface area (Å²) in [5.41, 5.74) is 9.25. The third kappa shape index (κ3) is 8.60. The number of benzene rings is 7. The van der Waals surface area contributed by atoms with Crippen LogP contribution in [0, 0.1) is 6.92 Å². The van der Waals surface area contributed by atoms with Gasteiger partial charge in [-0.1, -0.05) is 103 Å². The normalized spacial score (nSPS) is 11.5. The highest BCUT2D eigenvalue weighted by Crippen LogP contribution is 2.36. The Bertz CT molecular complexity index is 2190. The molecule has 0 N–H and O–H groups in total. The van der Waals surface area contributed by atoms with Gasteiger partial charge in [0.2, 0.25) is 0 Å². The van der Waals surface area contributed by atoms with Crippen LogP contribution in [0.15, 0.2) is 205 Å². The molecule has 258 valence electrons. The SMILES string of the molecule is Cc1ccc(N=C(/C=C(\OB(F)F)c2ccc(N(c3ccccc3)c3ccccc3)cc2)c2ccc(N(c3ccccc3)c3ccccc3)cc2)cc1. The second-order valence-electron chi connectivity index (χ2n) is 12.3. The molecule has 7 rings (SSSR count). The van der Waals surface area contributed by atoms with Gasteiger partial charge in [-0.05, 0) is 104 Å². The van der Waals surface area contributed by atoms with Gasteiger partial charge in [-0.2, -0.15) is 0 Å². The number of hydrogen-bond donors (Lipinski definition) is 0. The van der Waals surface area contributed by atoms with Gasteiger partial charge in [-0.25, -0.2) is 13.6 Å². The Morgan fingerprint density at radius 3 is 1.21 bits per heavy atom. The molecule has 0 atom stereocenters. The predicted molar refractivity (Wildman–Crippen MR) is 217 cm³/mol. The van der Waals surface area contributed by atoms with Crippen molar-refractivity contribution in [2.75, 3.05) is 9.80 Å². The lowest BCUT2D eigenvalue weighted by Crippen LogP contribution is -2.11. The first-order valence-electron chi connectivity index (χ1n) is 17.3. The van der Waals surface area contributed by atoms with Gasteiger partial charge in [0.05, 0.1) is 11.4 Å². The Kier molecular flexibility index (Phi) is 10.8. The molecule has 4 nitrogen and oxygen atoms in total. The Morgan fingerprint density at radius 2 is 0.830 bits per heavy atom. The molecule has 0 radical (unpaired) electrons. The topological polar surface area (TPSA) is 28.1 Å². The summed E-state index contributed by atoms with van der Waals surface area (Å²) in [6, 6.07) is 63.4. The fourth-order valence-electron chi connectivity index (χ4n) is 6.10. The lowest BCUT2D eigenvalue weighted by atomic mass is 10.0. The number of allylic oxidation sites excluding steroid dienone is 1. The van der Waals surface area contributed by atoms with Crippen LogP contribution in [0.2, 0.25) is 0 Å². The third-order valence-electron chi connectivity index (χ3n) is 8.66. The van der Waals surface area contributed by atoms with E-state index in [1.165, 1.54) is 0 Å². The number of hydrogen-bond acceptors (Lipinski definition) is 4. The van der Waals surface area contributed by atoms with Gasteiger partial charge >= 0.3 is 7.47 Å². The van der Waals surface area contributed by atoms with E-state index in [0.717, 1.165) is 45.3 Å². The smallest absolute Gasteiger partial charge is 0.505 e. The maximum absolute atomic E-state index is 14.1. The Labute approximate surface area is 309 Å². The van der Waals surface area contributed by atoms with E-state index in [-0.39, 0.29) is 5.76 Å². The van der Waals surface area contributed by atoms with E-state index >= 15 is 0 Å². The summed E-state index contributed by atoms with van der Waals surface area (Å²) in [6.45, 7) is 2.01. The van der Waals surface area contributed by atoms with E-state index in [9.17, 15) is 8.63 Å². The van der Waals surface area contributed by atoms with Gasteiger partial charge in [-0.3, -0.25) is 0 Å². The van der Waals surface area contributed by atoms with Crippen molar-refractivity contribution < 1.29 is 13.3 Å². The van der Waals surface area contributed by atoms with Crippen molar-refractivity contribution >= 4 is 58.8 Å². The van der Waals surface area contributed by atoms with E-state index in [1.54, 1.807) is 18.2 Å². The fourth-order valence-corrected chi connectivity index (χ4v) is 6.10. The number of rotatable bonds is 12. The van der Waals surface area contributed by atoms with Gasteiger partial charge < -0.3 is 14.5 Å². The standard InChI is InChI=1S/C46H36BF2N3O/c1-35-22-28-38(29-23-35)50-45(36-24-30-43(31-25-36)51(39-14-6-2-7-15-39)40-16-8-3-9-17-40)34-46(53-47(48)49)37-26-32-44(33-27-37)52(41-18-10-4-11-19-41)42-20-12-5-13-21-42/h2-34H,1H3/b46-34-,50-45?. The first-order valence-corrected chi connectivity index (χ1v) is 17.3. The zero-order valence-electron chi connectivity index (χ0n) is 29.1. The summed E-state index contributed by atoms with van der Waals surface area (Å²) < 4.78 is 33.4. The van der Waals surface area contributed by atoms with E-state index < -0.39 is 7.47 Å². The predicted octanol–water partition coefficient (Wildman–Crippen LogP) is 13.0. The van der Waals surface area contributed by atoms with Gasteiger partial charge in [0.1, 0.15) is 5.76 Å². The van der Waals surface area contributed by atoms with Gasteiger partial charge in [0.25, 0.3) is 0 Å². The van der Waals surface area contributed by atoms with Gasteiger partial charge in [-0.15, -0.1) is 0 Å². The molecule has 0 spiro atoms. The molecule has 53 heavy (non-hydrogen) atoms. The molecule has 0 aliphatic rings. The van der Waals surface area contributed by atoms with E-state index in [2.05, 4.69) is 34.1 Å². The van der Waals surface area contributed by atoms with E-state index in [0.29, 0.717) is 17.0 Å². The minimum Gasteiger partial charge on any atom is -0.505 e. The van der Waals surface area contributed by atoms with Crippen molar-refractivity contribution in [3.63, 3.8) is 0 Å². The van der Waals surface area contributed by atoms with Crippen molar-refractivity contribution in [2.45, 2.75) is 6.92 Å². The minimum atomic E-state index is -3.04. The second kappa shape index (κ2) is 16.5.